The van der Waals surface area contributed by atoms with Crippen molar-refractivity contribution in [2.75, 3.05) is 37.3 Å². The number of nitrogens with zero attached hydrogens (tertiary/aromatic N) is 9. The van der Waals surface area contributed by atoms with Gasteiger partial charge in [-0.15, -0.1) is 0 Å². The molecule has 0 bridgehead atoms. The Morgan fingerprint density at radius 3 is 1.02 bits per heavy atom. The Hall–Kier alpha value is -16.4. The van der Waals surface area contributed by atoms with Gasteiger partial charge in [-0.05, 0) is 121 Å². The average molecular weight is 2030 g/mol. The first-order valence-corrected chi connectivity index (χ1v) is 43.8. The van der Waals surface area contributed by atoms with Crippen LogP contribution in [0.4, 0.5) is 96.1 Å². The number of carbonyl (C=O) groups excluding carboxylic acids is 6. The van der Waals surface area contributed by atoms with Gasteiger partial charge in [-0.1, -0.05) is 75.4 Å². The number of pyridine rings is 9. The standard InChI is InChI=1S/C34H27F8N5O4.2C33H28F5N5O4/c1-4-25(33(37,38)39)45-17-13-21(35)27(22(36)14-17)30(48)46-23(32(50)51-3)12-16-7-8-20(29-18(16)6-5-10-44-29)26-28(34(40,41)42)19-9-11-43-15-24(19)47(2)31(26)49;1-4-27(33(36,37)38)41-19-14-23(34)28(24(35)15-19)30(44)42-25(32(46)47-3)13-17-7-8-21(29-20(17)6-5-10-40-29)22-12-18-16-39-11-9-26(18)43(2)31(22)45;1-4-27(33(36,37)38)41-19-14-23(34)28(24(35)15-19)30(44)42-25(32(46)47-3)13-17-7-8-21(29-20(17)6-5-10-40-29)22-12-18-9-11-39-16-26(18)43(2)31(22)45/h5-11,13-15,23,25,45H,4,12H2,1-3H3,(H,46,48);2*5-12,14-16,25,27,41H,4,13H2,1-3H3,(H,42,44)/t23-,25+;2*25-,27+/m000/s1. The van der Waals surface area contributed by atoms with E-state index in [1.807, 2.05) is 16.0 Å². The van der Waals surface area contributed by atoms with E-state index in [2.05, 4.69) is 45.9 Å². The van der Waals surface area contributed by atoms with Gasteiger partial charge in [0.1, 0.15) is 87.8 Å². The number of halogens is 18. The Balaban J connectivity index is 0.000000182. The number of alkyl halides is 12. The topological polar surface area (TPSA) is 346 Å². The first kappa shape index (κ1) is 106. The van der Waals surface area contributed by atoms with Gasteiger partial charge >= 0.3 is 42.6 Å². The average Bonchev–Trinajstić information content (AvgIpc) is 0.746. The number of benzene rings is 6. The molecular formula is C100H83F18N15O12. The maximum Gasteiger partial charge on any atom is 0.417 e. The highest BCUT2D eigenvalue weighted by Crippen LogP contribution is 2.44. The number of aryl methyl sites for hydroxylation is 3. The third-order valence-corrected chi connectivity index (χ3v) is 23.9. The van der Waals surface area contributed by atoms with Gasteiger partial charge in [-0.25, -0.2) is 40.7 Å². The summed E-state index contributed by atoms with van der Waals surface area (Å²) in [5.41, 5.74) is -3.67. The molecule has 145 heavy (non-hydrogen) atoms. The van der Waals surface area contributed by atoms with Gasteiger partial charge in [0.15, 0.2) is 0 Å². The second-order valence-corrected chi connectivity index (χ2v) is 32.9. The van der Waals surface area contributed by atoms with Crippen molar-refractivity contribution < 1.29 is 122 Å². The number of carbonyl (C=O) groups is 6. The molecule has 0 spiro atoms. The molecule has 0 fully saturated rings. The lowest BCUT2D eigenvalue weighted by Crippen LogP contribution is -2.43. The van der Waals surface area contributed by atoms with Crippen LogP contribution in [0.3, 0.4) is 0 Å². The van der Waals surface area contributed by atoms with Gasteiger partial charge in [0.25, 0.3) is 34.4 Å². The van der Waals surface area contributed by atoms with Crippen LogP contribution in [-0.4, -0.2) is 155 Å². The van der Waals surface area contributed by atoms with Crippen LogP contribution in [-0.2, 0) is 75.2 Å². The number of aromatic nitrogens is 9. The lowest BCUT2D eigenvalue weighted by molar-refractivity contribution is -0.143. The zero-order chi connectivity index (χ0) is 105. The summed E-state index contributed by atoms with van der Waals surface area (Å²) in [6.07, 6.45) is -8.13. The van der Waals surface area contributed by atoms with E-state index in [1.165, 1.54) is 79.8 Å². The fraction of sp³-hybridized carbons (Fsp3) is 0.250. The van der Waals surface area contributed by atoms with Gasteiger partial charge in [0.2, 0.25) is 0 Å². The number of ether oxygens (including phenoxy) is 3. The maximum absolute atomic E-state index is 15.0. The SMILES string of the molecule is CC[C@@H](Nc1cc(F)c(C(=O)N[C@@H](Cc2ccc(-c3c(C(F)(F)F)c4ccncc4n(C)c3=O)c3ncccc23)C(=O)OC)c(F)c1)C(F)(F)F.CC[C@@H](Nc1cc(F)c(C(=O)N[C@@H](Cc2ccc(-c3cc4ccncc4n(C)c3=O)c3ncccc23)C(=O)OC)c(F)c1)C(F)(F)F.CC[C@@H](Nc1cc(F)c(C(=O)N[C@@H](Cc2ccc(-c3cc4cnccc4n(C)c3=O)c3ncccc23)C(=O)OC)c(F)c1)C(F)(F)F. The van der Waals surface area contributed by atoms with Gasteiger partial charge in [0.05, 0.1) is 83.5 Å². The van der Waals surface area contributed by atoms with E-state index in [4.69, 9.17) is 14.2 Å². The number of methoxy groups -OCH3 is 3. The molecule has 15 rings (SSSR count). The Kier molecular flexibility index (Phi) is 31.8. The van der Waals surface area contributed by atoms with Crippen molar-refractivity contribution in [2.45, 2.75) is 120 Å². The van der Waals surface area contributed by atoms with Crippen molar-refractivity contribution in [1.82, 2.24) is 59.6 Å². The van der Waals surface area contributed by atoms with Crippen LogP contribution >= 0.6 is 0 Å². The van der Waals surface area contributed by atoms with E-state index in [0.29, 0.717) is 103 Å². The predicted octanol–water partition coefficient (Wildman–Crippen LogP) is 18.1. The highest BCUT2D eigenvalue weighted by molar-refractivity contribution is 6.04. The molecule has 15 aromatic rings. The third kappa shape index (κ3) is 22.9. The second kappa shape index (κ2) is 43.6. The summed E-state index contributed by atoms with van der Waals surface area (Å²) in [6, 6.07) is 19.3. The summed E-state index contributed by atoms with van der Waals surface area (Å²) in [4.78, 5) is 143. The molecule has 6 N–H and O–H groups in total. The molecule has 3 amide bonds. The zero-order valence-corrected chi connectivity index (χ0v) is 77.4. The van der Waals surface area contributed by atoms with Crippen molar-refractivity contribution in [3.05, 3.63) is 300 Å². The van der Waals surface area contributed by atoms with E-state index in [-0.39, 0.29) is 56.9 Å². The van der Waals surface area contributed by atoms with Crippen LogP contribution < -0.4 is 48.6 Å². The smallest absolute Gasteiger partial charge is 0.417 e. The number of nitrogens with one attached hydrogen (secondary N) is 6. The number of fused-ring (bicyclic) bond motifs is 6. The minimum atomic E-state index is -4.99. The van der Waals surface area contributed by atoms with Gasteiger partial charge < -0.3 is 59.8 Å². The highest BCUT2D eigenvalue weighted by atomic mass is 19.4. The summed E-state index contributed by atoms with van der Waals surface area (Å²) in [7, 11) is 7.68. The fourth-order valence-electron chi connectivity index (χ4n) is 16.6. The number of esters is 3. The van der Waals surface area contributed by atoms with Crippen molar-refractivity contribution in [3.8, 4) is 33.4 Å². The normalized spacial score (nSPS) is 13.0. The number of hydrogen-bond donors (Lipinski definition) is 6. The first-order valence-electron chi connectivity index (χ1n) is 43.8. The molecule has 27 nitrogen and oxygen atoms in total. The van der Waals surface area contributed by atoms with E-state index in [1.54, 1.807) is 112 Å². The molecule has 756 valence electrons. The molecule has 0 aliphatic rings. The van der Waals surface area contributed by atoms with Crippen molar-refractivity contribution in [3.63, 3.8) is 0 Å². The van der Waals surface area contributed by atoms with E-state index in [0.717, 1.165) is 55.1 Å². The molecule has 0 aliphatic carbocycles. The fourth-order valence-corrected chi connectivity index (χ4v) is 16.6. The molecule has 0 saturated heterocycles. The van der Waals surface area contributed by atoms with Crippen LogP contribution in [0.1, 0.15) is 93.4 Å². The molecule has 0 radical (unpaired) electrons. The molecular weight excluding hydrogens is 1950 g/mol. The Bertz CT molecular complexity index is 7410. The van der Waals surface area contributed by atoms with Gasteiger partial charge in [0, 0.05) is 155 Å². The van der Waals surface area contributed by atoms with Crippen LogP contribution in [0.5, 0.6) is 0 Å². The monoisotopic (exact) mass is 2030 g/mol. The number of amides is 3. The first-order chi connectivity index (χ1) is 68.6. The Morgan fingerprint density at radius 2 is 0.669 bits per heavy atom. The Morgan fingerprint density at radius 1 is 0.352 bits per heavy atom. The molecule has 0 saturated carbocycles. The van der Waals surface area contributed by atoms with Crippen molar-refractivity contribution >= 4 is 118 Å². The maximum atomic E-state index is 15.0. The molecule has 9 heterocycles. The summed E-state index contributed by atoms with van der Waals surface area (Å²) < 4.78 is 271. The minimum Gasteiger partial charge on any atom is -0.467 e. The van der Waals surface area contributed by atoms with Crippen LogP contribution in [0.15, 0.2) is 210 Å². The number of rotatable bonds is 27. The molecule has 6 atom stereocenters. The van der Waals surface area contributed by atoms with Gasteiger partial charge in [-0.3, -0.25) is 58.7 Å². The van der Waals surface area contributed by atoms with Gasteiger partial charge in [-0.2, -0.15) is 52.7 Å². The quantitative estimate of drug-likeness (QED) is 0.0158. The van der Waals surface area contributed by atoms with Crippen LogP contribution in [0.2, 0.25) is 0 Å². The Labute approximate surface area is 808 Å². The molecule has 0 unspecified atom stereocenters. The van der Waals surface area contributed by atoms with Crippen molar-refractivity contribution in [2.24, 2.45) is 21.1 Å². The second-order valence-electron chi connectivity index (χ2n) is 32.9. The van der Waals surface area contributed by atoms with Crippen molar-refractivity contribution in [1.29, 1.82) is 0 Å². The minimum absolute atomic E-state index is 0.0608. The molecule has 6 aromatic carbocycles. The largest absolute Gasteiger partial charge is 0.467 e. The third-order valence-electron chi connectivity index (χ3n) is 23.9. The zero-order valence-electron chi connectivity index (χ0n) is 77.4. The van der Waals surface area contributed by atoms with Crippen LogP contribution in [0.25, 0.3) is 98.8 Å². The molecule has 9 aromatic heterocycles. The summed E-state index contributed by atoms with van der Waals surface area (Å²) in [5, 5.41) is 15.2. The molecule has 0 aliphatic heterocycles. The molecule has 45 heteroatoms. The van der Waals surface area contributed by atoms with Crippen LogP contribution in [0, 0.1) is 34.9 Å². The summed E-state index contributed by atoms with van der Waals surface area (Å²) in [5.74, 6) is -15.8. The van der Waals surface area contributed by atoms with E-state index >= 15 is 8.78 Å². The van der Waals surface area contributed by atoms with E-state index in [9.17, 15) is 113 Å². The predicted molar refractivity (Wildman–Crippen MR) is 499 cm³/mol. The van der Waals surface area contributed by atoms with E-state index < -0.39 is 208 Å². The summed E-state index contributed by atoms with van der Waals surface area (Å²) in [6.45, 7) is 3.71. The number of anilines is 3. The summed E-state index contributed by atoms with van der Waals surface area (Å²) >= 11 is 0. The highest BCUT2D eigenvalue weighted by Gasteiger charge is 2.44. The lowest BCUT2D eigenvalue weighted by atomic mass is 9.92. The number of hydrogen-bond acceptors (Lipinski definition) is 21. The lowest BCUT2D eigenvalue weighted by Gasteiger charge is -2.22.